The van der Waals surface area contributed by atoms with Crippen LogP contribution in [0.5, 0.6) is 0 Å². The van der Waals surface area contributed by atoms with Crippen molar-refractivity contribution >= 4 is 17.7 Å². The Bertz CT molecular complexity index is 600. The number of carbonyl (C=O) groups excluding carboxylic acids is 1. The lowest BCUT2D eigenvalue weighted by atomic mass is 10.2. The van der Waals surface area contributed by atoms with Crippen LogP contribution in [0.4, 0.5) is 5.69 Å². The molecule has 1 heterocycles. The molecule has 0 saturated carbocycles. The van der Waals surface area contributed by atoms with Gasteiger partial charge in [0.15, 0.2) is 0 Å². The highest BCUT2D eigenvalue weighted by Gasteiger charge is 2.01. The van der Waals surface area contributed by atoms with Crippen LogP contribution in [0.25, 0.3) is 6.08 Å². The van der Waals surface area contributed by atoms with Crippen LogP contribution in [0.1, 0.15) is 11.4 Å². The monoisotopic (exact) mass is 271 g/mol. The van der Waals surface area contributed by atoms with Gasteiger partial charge in [-0.05, 0) is 23.8 Å². The summed E-state index contributed by atoms with van der Waals surface area (Å²) in [6.45, 7) is 0.525. The number of nitrogens with one attached hydrogen (secondary N) is 1. The van der Waals surface area contributed by atoms with Crippen molar-refractivity contribution in [3.63, 3.8) is 0 Å². The highest BCUT2D eigenvalue weighted by molar-refractivity contribution is 5.91. The summed E-state index contributed by atoms with van der Waals surface area (Å²) in [7, 11) is 1.87. The summed E-state index contributed by atoms with van der Waals surface area (Å²) in [5.41, 5.74) is 7.23. The number of amides is 1. The smallest absolute Gasteiger partial charge is 0.244 e. The van der Waals surface area contributed by atoms with Crippen LogP contribution >= 0.6 is 0 Å². The van der Waals surface area contributed by atoms with E-state index in [0.29, 0.717) is 18.7 Å². The molecule has 0 aliphatic heterocycles. The molecule has 0 spiro atoms. The van der Waals surface area contributed by atoms with Gasteiger partial charge in [0.25, 0.3) is 0 Å². The summed E-state index contributed by atoms with van der Waals surface area (Å²) in [6, 6.07) is 7.31. The van der Waals surface area contributed by atoms with Crippen molar-refractivity contribution in [2.45, 2.75) is 6.42 Å². The Labute approximate surface area is 117 Å². The fourth-order valence-electron chi connectivity index (χ4n) is 1.67. The Hall–Kier alpha value is -2.63. The third-order valence-electron chi connectivity index (χ3n) is 2.82. The van der Waals surface area contributed by atoms with Crippen LogP contribution in [-0.2, 0) is 18.3 Å². The van der Waals surface area contributed by atoms with Gasteiger partial charge in [-0.2, -0.15) is 0 Å². The van der Waals surface area contributed by atoms with Crippen molar-refractivity contribution in [1.29, 1.82) is 0 Å². The molecule has 2 rings (SSSR count). The number of rotatable bonds is 5. The number of nitrogens with two attached hydrogens (primary N) is 1. The molecule has 104 valence electrons. The van der Waals surface area contributed by atoms with E-state index in [1.54, 1.807) is 24.5 Å². The minimum absolute atomic E-state index is 0.135. The first-order chi connectivity index (χ1) is 9.65. The van der Waals surface area contributed by atoms with Crippen LogP contribution in [0.2, 0.25) is 0 Å². The summed E-state index contributed by atoms with van der Waals surface area (Å²) in [5.74, 6) is 0.705. The van der Waals surface area contributed by atoms with Gasteiger partial charge in [-0.3, -0.25) is 4.79 Å². The van der Waals surface area contributed by atoms with Crippen LogP contribution in [0, 0.1) is 0 Å². The van der Waals surface area contributed by atoms with E-state index in [1.807, 2.05) is 23.7 Å². The third-order valence-corrected chi connectivity index (χ3v) is 2.82. The van der Waals surface area contributed by atoms with Gasteiger partial charge < -0.3 is 15.6 Å². The first kappa shape index (κ1) is 13.8. The topological polar surface area (TPSA) is 85.8 Å². The van der Waals surface area contributed by atoms with E-state index in [4.69, 9.17) is 5.73 Å². The van der Waals surface area contributed by atoms with E-state index in [9.17, 15) is 4.79 Å². The molecule has 2 aromatic rings. The molecule has 0 saturated heterocycles. The highest BCUT2D eigenvalue weighted by atomic mass is 16.1. The molecule has 0 atom stereocenters. The van der Waals surface area contributed by atoms with Gasteiger partial charge in [0, 0.05) is 31.8 Å². The summed E-state index contributed by atoms with van der Waals surface area (Å²) in [4.78, 5) is 11.6. The van der Waals surface area contributed by atoms with E-state index in [-0.39, 0.29) is 5.91 Å². The minimum atomic E-state index is -0.135. The molecule has 1 amide bonds. The normalized spacial score (nSPS) is 10.8. The Morgan fingerprint density at radius 3 is 2.80 bits per heavy atom. The molecule has 0 bridgehead atoms. The maximum atomic E-state index is 11.6. The second-order valence-corrected chi connectivity index (χ2v) is 4.40. The van der Waals surface area contributed by atoms with Crippen molar-refractivity contribution in [1.82, 2.24) is 20.1 Å². The van der Waals surface area contributed by atoms with Gasteiger partial charge in [0.05, 0.1) is 0 Å². The fraction of sp³-hybridized carbons (Fsp3) is 0.214. The number of aromatic nitrogens is 3. The maximum absolute atomic E-state index is 11.6. The maximum Gasteiger partial charge on any atom is 0.244 e. The number of nitrogen functional groups attached to an aromatic ring is 1. The average Bonchev–Trinajstić information content (AvgIpc) is 2.84. The predicted molar refractivity (Wildman–Crippen MR) is 77.6 cm³/mol. The van der Waals surface area contributed by atoms with Crippen molar-refractivity contribution in [2.24, 2.45) is 7.05 Å². The quantitative estimate of drug-likeness (QED) is 0.621. The van der Waals surface area contributed by atoms with E-state index in [1.165, 1.54) is 6.08 Å². The lowest BCUT2D eigenvalue weighted by Crippen LogP contribution is -2.24. The van der Waals surface area contributed by atoms with Gasteiger partial charge in [0.2, 0.25) is 5.91 Å². The van der Waals surface area contributed by atoms with Gasteiger partial charge in [0.1, 0.15) is 12.2 Å². The molecular formula is C14H17N5O. The Morgan fingerprint density at radius 2 is 2.15 bits per heavy atom. The van der Waals surface area contributed by atoms with E-state index < -0.39 is 0 Å². The van der Waals surface area contributed by atoms with Crippen LogP contribution < -0.4 is 11.1 Å². The zero-order chi connectivity index (χ0) is 14.4. The Kier molecular flexibility index (Phi) is 4.49. The highest BCUT2D eigenvalue weighted by Crippen LogP contribution is 2.06. The van der Waals surface area contributed by atoms with Crippen LogP contribution in [0.3, 0.4) is 0 Å². The van der Waals surface area contributed by atoms with Gasteiger partial charge >= 0.3 is 0 Å². The molecule has 6 heteroatoms. The number of hydrogen-bond acceptors (Lipinski definition) is 4. The Morgan fingerprint density at radius 1 is 1.40 bits per heavy atom. The minimum Gasteiger partial charge on any atom is -0.399 e. The predicted octanol–water partition coefficient (Wildman–Crippen LogP) is 0.769. The van der Waals surface area contributed by atoms with E-state index in [2.05, 4.69) is 15.5 Å². The molecule has 20 heavy (non-hydrogen) atoms. The largest absolute Gasteiger partial charge is 0.399 e. The number of nitrogens with zero attached hydrogens (tertiary/aromatic N) is 3. The lowest BCUT2D eigenvalue weighted by Gasteiger charge is -2.01. The van der Waals surface area contributed by atoms with Crippen molar-refractivity contribution in [2.75, 3.05) is 12.3 Å². The number of aryl methyl sites for hydroxylation is 1. The molecule has 1 aromatic carbocycles. The second-order valence-electron chi connectivity index (χ2n) is 4.40. The Balaban J connectivity index is 1.78. The molecule has 0 radical (unpaired) electrons. The molecule has 0 aliphatic carbocycles. The summed E-state index contributed by atoms with van der Waals surface area (Å²) < 4.78 is 1.83. The van der Waals surface area contributed by atoms with Gasteiger partial charge in [-0.25, -0.2) is 0 Å². The molecule has 6 nitrogen and oxygen atoms in total. The zero-order valence-electron chi connectivity index (χ0n) is 11.3. The second kappa shape index (κ2) is 6.51. The molecule has 3 N–H and O–H groups in total. The fourth-order valence-corrected chi connectivity index (χ4v) is 1.67. The number of carbonyl (C=O) groups is 1. The van der Waals surface area contributed by atoms with Crippen LogP contribution in [-0.4, -0.2) is 27.2 Å². The van der Waals surface area contributed by atoms with E-state index in [0.717, 1.165) is 11.4 Å². The van der Waals surface area contributed by atoms with Crippen molar-refractivity contribution in [3.05, 3.63) is 48.1 Å². The van der Waals surface area contributed by atoms with Gasteiger partial charge in [-0.1, -0.05) is 12.1 Å². The molecular weight excluding hydrogens is 254 g/mol. The number of hydrogen-bond donors (Lipinski definition) is 2. The lowest BCUT2D eigenvalue weighted by molar-refractivity contribution is -0.116. The average molecular weight is 271 g/mol. The van der Waals surface area contributed by atoms with Crippen molar-refractivity contribution in [3.8, 4) is 0 Å². The third kappa shape index (κ3) is 3.94. The zero-order valence-corrected chi connectivity index (χ0v) is 11.3. The van der Waals surface area contributed by atoms with Crippen LogP contribution in [0.15, 0.2) is 36.7 Å². The number of benzene rings is 1. The summed E-state index contributed by atoms with van der Waals surface area (Å²) in [6.07, 6.45) is 5.54. The molecule has 0 unspecified atom stereocenters. The molecule has 1 aromatic heterocycles. The summed E-state index contributed by atoms with van der Waals surface area (Å²) >= 11 is 0. The summed E-state index contributed by atoms with van der Waals surface area (Å²) in [5, 5.41) is 10.5. The van der Waals surface area contributed by atoms with Gasteiger partial charge in [-0.15, -0.1) is 10.2 Å². The first-order valence-electron chi connectivity index (χ1n) is 6.29. The SMILES string of the molecule is Cn1cnnc1CCNC(=O)/C=C/c1ccc(N)cc1. The first-order valence-corrected chi connectivity index (χ1v) is 6.29. The van der Waals surface area contributed by atoms with Crippen molar-refractivity contribution < 1.29 is 4.79 Å². The number of anilines is 1. The van der Waals surface area contributed by atoms with E-state index >= 15 is 0 Å². The molecule has 0 aliphatic rings. The molecule has 0 fully saturated rings. The standard InChI is InChI=1S/C14H17N5O/c1-19-10-17-18-13(19)8-9-16-14(20)7-4-11-2-5-12(15)6-3-11/h2-7,10H,8-9,15H2,1H3,(H,16,20)/b7-4+.